The number of H-pyrrole nitrogens is 1. The smallest absolute Gasteiger partial charge is 0.254 e. The first-order chi connectivity index (χ1) is 9.16. The zero-order chi connectivity index (χ0) is 13.4. The molecule has 1 aliphatic heterocycles. The van der Waals surface area contributed by atoms with Crippen molar-refractivity contribution in [2.24, 2.45) is 0 Å². The number of carbonyl (C=O) groups excluding carboxylic acids is 1. The van der Waals surface area contributed by atoms with Crippen molar-refractivity contribution in [1.82, 2.24) is 15.2 Å². The normalized spacial score (nSPS) is 15.2. The Balaban J connectivity index is 2.08. The molecule has 5 heteroatoms. The van der Waals surface area contributed by atoms with E-state index >= 15 is 0 Å². The molecule has 0 bridgehead atoms. The second-order valence-electron chi connectivity index (χ2n) is 4.82. The highest BCUT2D eigenvalue weighted by Gasteiger charge is 2.27. The van der Waals surface area contributed by atoms with E-state index in [1.54, 1.807) is 18.0 Å². The molecule has 1 aromatic carbocycles. The highest BCUT2D eigenvalue weighted by molar-refractivity contribution is 6.06. The van der Waals surface area contributed by atoms with Gasteiger partial charge in [-0.25, -0.2) is 0 Å². The quantitative estimate of drug-likeness (QED) is 0.826. The summed E-state index contributed by atoms with van der Waals surface area (Å²) in [5.41, 5.74) is 0.911. The molecule has 1 aromatic heterocycles. The first-order valence-electron chi connectivity index (χ1n) is 6.27. The highest BCUT2D eigenvalue weighted by Crippen LogP contribution is 2.17. The minimum absolute atomic E-state index is 0.103. The second kappa shape index (κ2) is 4.51. The van der Waals surface area contributed by atoms with Gasteiger partial charge in [-0.2, -0.15) is 0 Å². The van der Waals surface area contributed by atoms with Crippen molar-refractivity contribution in [3.63, 3.8) is 0 Å². The molecule has 1 saturated heterocycles. The van der Waals surface area contributed by atoms with Crippen molar-refractivity contribution in [2.45, 2.75) is 6.04 Å². The number of rotatable bonds is 2. The first-order valence-corrected chi connectivity index (χ1v) is 6.27. The highest BCUT2D eigenvalue weighted by atomic mass is 16.2. The van der Waals surface area contributed by atoms with Crippen molar-refractivity contribution < 1.29 is 4.79 Å². The van der Waals surface area contributed by atoms with Crippen molar-refractivity contribution in [3.8, 4) is 0 Å². The summed E-state index contributed by atoms with van der Waals surface area (Å²) in [5.74, 6) is -0.103. The molecular formula is C14H15N3O2. The lowest BCUT2D eigenvalue weighted by Gasteiger charge is -2.35. The Morgan fingerprint density at radius 2 is 2.05 bits per heavy atom. The van der Waals surface area contributed by atoms with Crippen LogP contribution in [0.2, 0.25) is 0 Å². The second-order valence-corrected chi connectivity index (χ2v) is 4.82. The van der Waals surface area contributed by atoms with Gasteiger partial charge in [0.2, 0.25) is 5.56 Å². The largest absolute Gasteiger partial charge is 0.336 e. The van der Waals surface area contributed by atoms with Gasteiger partial charge in [-0.15, -0.1) is 0 Å². The van der Waals surface area contributed by atoms with Crippen molar-refractivity contribution in [1.29, 1.82) is 0 Å². The third kappa shape index (κ3) is 2.02. The van der Waals surface area contributed by atoms with Gasteiger partial charge in [-0.3, -0.25) is 9.59 Å². The summed E-state index contributed by atoms with van der Waals surface area (Å²) in [7, 11) is 1.78. The van der Waals surface area contributed by atoms with E-state index in [-0.39, 0.29) is 17.5 Å². The lowest BCUT2D eigenvalue weighted by Crippen LogP contribution is -2.57. The van der Waals surface area contributed by atoms with Crippen LogP contribution in [0.4, 0.5) is 0 Å². The van der Waals surface area contributed by atoms with E-state index < -0.39 is 0 Å². The average Bonchev–Trinajstić information content (AvgIpc) is 2.34. The SMILES string of the molecule is CN(C(=O)c1cc(=O)[nH]c2ccccc12)C1CNC1. The molecular weight excluding hydrogens is 242 g/mol. The molecule has 0 unspecified atom stereocenters. The molecule has 0 atom stereocenters. The number of aromatic amines is 1. The fraction of sp³-hybridized carbons (Fsp3) is 0.286. The Kier molecular flexibility index (Phi) is 2.83. The summed E-state index contributed by atoms with van der Waals surface area (Å²) in [5, 5.41) is 3.92. The van der Waals surface area contributed by atoms with Crippen LogP contribution in [0.15, 0.2) is 35.1 Å². The van der Waals surface area contributed by atoms with Crippen LogP contribution in [0.1, 0.15) is 10.4 Å². The maximum atomic E-state index is 12.5. The lowest BCUT2D eigenvalue weighted by molar-refractivity contribution is 0.0683. The van der Waals surface area contributed by atoms with Crippen LogP contribution in [-0.4, -0.2) is 42.0 Å². The van der Waals surface area contributed by atoms with E-state index in [4.69, 9.17) is 0 Å². The number of hydrogen-bond acceptors (Lipinski definition) is 3. The maximum absolute atomic E-state index is 12.5. The van der Waals surface area contributed by atoms with Crippen LogP contribution in [-0.2, 0) is 0 Å². The third-order valence-electron chi connectivity index (χ3n) is 3.61. The molecule has 1 aliphatic rings. The Bertz CT molecular complexity index is 688. The van der Waals surface area contributed by atoms with Crippen LogP contribution in [0.5, 0.6) is 0 Å². The van der Waals surface area contributed by atoms with Crippen molar-refractivity contribution >= 4 is 16.8 Å². The van der Waals surface area contributed by atoms with E-state index in [1.165, 1.54) is 6.07 Å². The predicted octanol–water partition coefficient (Wildman–Crippen LogP) is 0.572. The van der Waals surface area contributed by atoms with Gasteiger partial charge in [0, 0.05) is 37.1 Å². The van der Waals surface area contributed by atoms with Crippen LogP contribution < -0.4 is 10.9 Å². The summed E-state index contributed by atoms with van der Waals surface area (Å²) >= 11 is 0. The summed E-state index contributed by atoms with van der Waals surface area (Å²) in [6.45, 7) is 1.62. The maximum Gasteiger partial charge on any atom is 0.254 e. The minimum Gasteiger partial charge on any atom is -0.336 e. The van der Waals surface area contributed by atoms with Gasteiger partial charge in [0.15, 0.2) is 0 Å². The van der Waals surface area contributed by atoms with E-state index in [0.29, 0.717) is 11.1 Å². The fourth-order valence-electron chi connectivity index (χ4n) is 2.28. The molecule has 1 amide bonds. The molecule has 0 aliphatic carbocycles. The minimum atomic E-state index is -0.248. The van der Waals surface area contributed by atoms with Crippen LogP contribution in [0.25, 0.3) is 10.9 Å². The number of fused-ring (bicyclic) bond motifs is 1. The predicted molar refractivity (Wildman–Crippen MR) is 73.3 cm³/mol. The standard InChI is InChI=1S/C14H15N3O2/c1-17(9-7-15-8-9)14(19)11-6-13(18)16-12-5-3-2-4-10(11)12/h2-6,9,15H,7-8H2,1H3,(H,16,18). The van der Waals surface area contributed by atoms with Gasteiger partial charge in [0.25, 0.3) is 5.91 Å². The number of carbonyl (C=O) groups is 1. The number of nitrogens with one attached hydrogen (secondary N) is 2. The van der Waals surface area contributed by atoms with Crippen LogP contribution in [0, 0.1) is 0 Å². The number of pyridine rings is 1. The van der Waals surface area contributed by atoms with Crippen molar-refractivity contribution in [3.05, 3.63) is 46.2 Å². The molecule has 0 spiro atoms. The zero-order valence-electron chi connectivity index (χ0n) is 10.6. The van der Waals surface area contributed by atoms with Crippen LogP contribution in [0.3, 0.4) is 0 Å². The third-order valence-corrected chi connectivity index (χ3v) is 3.61. The summed E-state index contributed by atoms with van der Waals surface area (Å²) in [6.07, 6.45) is 0. The van der Waals surface area contributed by atoms with Gasteiger partial charge in [-0.1, -0.05) is 18.2 Å². The number of aromatic nitrogens is 1. The zero-order valence-corrected chi connectivity index (χ0v) is 10.6. The Morgan fingerprint density at radius 3 is 2.74 bits per heavy atom. The van der Waals surface area contributed by atoms with Gasteiger partial charge in [-0.05, 0) is 6.07 Å². The average molecular weight is 257 g/mol. The molecule has 0 saturated carbocycles. The lowest BCUT2D eigenvalue weighted by atomic mass is 10.1. The monoisotopic (exact) mass is 257 g/mol. The van der Waals surface area contributed by atoms with E-state index in [1.807, 2.05) is 18.2 Å². The Hall–Kier alpha value is -2.14. The summed E-state index contributed by atoms with van der Waals surface area (Å²) < 4.78 is 0. The van der Waals surface area contributed by atoms with Gasteiger partial charge in [0.1, 0.15) is 0 Å². The van der Waals surface area contributed by atoms with E-state index in [0.717, 1.165) is 18.5 Å². The molecule has 2 heterocycles. The van der Waals surface area contributed by atoms with Gasteiger partial charge >= 0.3 is 0 Å². The fourth-order valence-corrected chi connectivity index (χ4v) is 2.28. The first kappa shape index (κ1) is 11.9. The summed E-state index contributed by atoms with van der Waals surface area (Å²) in [4.78, 5) is 28.6. The number of benzene rings is 1. The summed E-state index contributed by atoms with van der Waals surface area (Å²) in [6, 6.07) is 8.96. The topological polar surface area (TPSA) is 65.2 Å². The van der Waals surface area contributed by atoms with Crippen LogP contribution >= 0.6 is 0 Å². The Morgan fingerprint density at radius 1 is 1.32 bits per heavy atom. The number of para-hydroxylation sites is 1. The molecule has 0 radical (unpaired) electrons. The number of likely N-dealkylation sites (N-methyl/N-ethyl adjacent to an activating group) is 1. The molecule has 2 aromatic rings. The van der Waals surface area contributed by atoms with Crippen molar-refractivity contribution in [2.75, 3.05) is 20.1 Å². The number of hydrogen-bond donors (Lipinski definition) is 2. The Labute approximate surface area is 110 Å². The molecule has 2 N–H and O–H groups in total. The molecule has 19 heavy (non-hydrogen) atoms. The molecule has 1 fully saturated rings. The molecule has 5 nitrogen and oxygen atoms in total. The van der Waals surface area contributed by atoms with E-state index in [9.17, 15) is 9.59 Å². The number of nitrogens with zero attached hydrogens (tertiary/aromatic N) is 1. The molecule has 3 rings (SSSR count). The van der Waals surface area contributed by atoms with Gasteiger partial charge < -0.3 is 15.2 Å². The number of amides is 1. The molecule has 98 valence electrons. The van der Waals surface area contributed by atoms with Gasteiger partial charge in [0.05, 0.1) is 11.6 Å². The van der Waals surface area contributed by atoms with E-state index in [2.05, 4.69) is 10.3 Å².